The molecule has 1 fully saturated rings. The molecule has 0 aromatic carbocycles. The number of aryl methyl sites for hydroxylation is 1. The van der Waals surface area contributed by atoms with Gasteiger partial charge in [-0.2, -0.15) is 0 Å². The lowest BCUT2D eigenvalue weighted by Crippen LogP contribution is -2.43. The monoisotopic (exact) mass is 220 g/mol. The van der Waals surface area contributed by atoms with E-state index in [1.165, 1.54) is 24.8 Å². The van der Waals surface area contributed by atoms with Gasteiger partial charge in [-0.05, 0) is 38.8 Å². The number of aromatic nitrogens is 1. The highest BCUT2D eigenvalue weighted by atomic mass is 16.5. The molecule has 0 amide bonds. The Labute approximate surface area is 97.2 Å². The first kappa shape index (κ1) is 11.4. The molecular formula is C13H20N2O. The fraction of sp³-hybridized carbons (Fsp3) is 0.615. The molecule has 0 spiro atoms. The molecule has 1 aromatic rings. The first-order valence-corrected chi connectivity index (χ1v) is 6.06. The Kier molecular flexibility index (Phi) is 3.78. The normalized spacial score (nSPS) is 25.4. The van der Waals surface area contributed by atoms with Crippen molar-refractivity contribution in [2.75, 3.05) is 7.05 Å². The summed E-state index contributed by atoms with van der Waals surface area (Å²) in [5.74, 6) is 0.748. The maximum atomic E-state index is 5.94. The Balaban J connectivity index is 1.99. The Morgan fingerprint density at radius 3 is 2.81 bits per heavy atom. The van der Waals surface area contributed by atoms with E-state index in [1.807, 2.05) is 32.3 Å². The van der Waals surface area contributed by atoms with Crippen molar-refractivity contribution >= 4 is 0 Å². The molecule has 2 atom stereocenters. The van der Waals surface area contributed by atoms with Crippen molar-refractivity contribution in [1.29, 1.82) is 0 Å². The van der Waals surface area contributed by atoms with E-state index in [9.17, 15) is 0 Å². The van der Waals surface area contributed by atoms with Crippen LogP contribution in [0.3, 0.4) is 0 Å². The Bertz CT molecular complexity index is 323. The second-order valence-corrected chi connectivity index (χ2v) is 4.51. The molecule has 16 heavy (non-hydrogen) atoms. The molecule has 1 heterocycles. The van der Waals surface area contributed by atoms with Crippen LogP contribution in [0.15, 0.2) is 18.3 Å². The number of pyridine rings is 1. The van der Waals surface area contributed by atoms with Gasteiger partial charge >= 0.3 is 0 Å². The van der Waals surface area contributed by atoms with Crippen LogP contribution in [0.5, 0.6) is 5.88 Å². The standard InChI is InChI=1S/C13H20N2O/c1-10-7-8-13(15-9-10)16-12-6-4-3-5-11(12)14-2/h7-9,11-12,14H,3-6H2,1-2H3. The first-order chi connectivity index (χ1) is 7.79. The maximum absolute atomic E-state index is 5.94. The average molecular weight is 220 g/mol. The largest absolute Gasteiger partial charge is 0.473 e. The second-order valence-electron chi connectivity index (χ2n) is 4.51. The summed E-state index contributed by atoms with van der Waals surface area (Å²) in [6.07, 6.45) is 7.01. The molecule has 3 heteroatoms. The summed E-state index contributed by atoms with van der Waals surface area (Å²) in [6.45, 7) is 2.04. The van der Waals surface area contributed by atoms with E-state index >= 15 is 0 Å². The molecule has 1 saturated carbocycles. The lowest BCUT2D eigenvalue weighted by atomic mass is 9.92. The number of ether oxygens (including phenoxy) is 1. The highest BCUT2D eigenvalue weighted by molar-refractivity contribution is 5.16. The fourth-order valence-electron chi connectivity index (χ4n) is 2.25. The second kappa shape index (κ2) is 5.30. The van der Waals surface area contributed by atoms with Gasteiger partial charge in [0.25, 0.3) is 0 Å². The Morgan fingerprint density at radius 1 is 1.31 bits per heavy atom. The van der Waals surface area contributed by atoms with Crippen LogP contribution < -0.4 is 10.1 Å². The number of hydrogen-bond acceptors (Lipinski definition) is 3. The van der Waals surface area contributed by atoms with Gasteiger partial charge in [-0.3, -0.25) is 0 Å². The third-order valence-electron chi connectivity index (χ3n) is 3.23. The summed E-state index contributed by atoms with van der Waals surface area (Å²) in [5, 5.41) is 3.33. The average Bonchev–Trinajstić information content (AvgIpc) is 2.33. The van der Waals surface area contributed by atoms with Gasteiger partial charge in [-0.25, -0.2) is 4.98 Å². The number of rotatable bonds is 3. The highest BCUT2D eigenvalue weighted by Gasteiger charge is 2.25. The van der Waals surface area contributed by atoms with E-state index in [4.69, 9.17) is 4.74 Å². The van der Waals surface area contributed by atoms with E-state index in [-0.39, 0.29) is 6.10 Å². The van der Waals surface area contributed by atoms with Crippen molar-refractivity contribution in [2.24, 2.45) is 0 Å². The summed E-state index contributed by atoms with van der Waals surface area (Å²) in [6, 6.07) is 4.47. The van der Waals surface area contributed by atoms with Gasteiger partial charge in [0.2, 0.25) is 5.88 Å². The van der Waals surface area contributed by atoms with Crippen molar-refractivity contribution in [3.05, 3.63) is 23.9 Å². The van der Waals surface area contributed by atoms with Crippen LogP contribution in [0, 0.1) is 6.92 Å². The van der Waals surface area contributed by atoms with Gasteiger partial charge in [0, 0.05) is 18.3 Å². The van der Waals surface area contributed by atoms with Crippen molar-refractivity contribution in [3.63, 3.8) is 0 Å². The summed E-state index contributed by atoms with van der Waals surface area (Å²) in [7, 11) is 2.01. The topological polar surface area (TPSA) is 34.1 Å². The zero-order valence-corrected chi connectivity index (χ0v) is 10.1. The Hall–Kier alpha value is -1.09. The fourth-order valence-corrected chi connectivity index (χ4v) is 2.25. The molecule has 0 aliphatic heterocycles. The minimum atomic E-state index is 0.272. The molecule has 1 aliphatic rings. The van der Waals surface area contributed by atoms with E-state index in [2.05, 4.69) is 10.3 Å². The molecule has 2 unspecified atom stereocenters. The number of nitrogens with zero attached hydrogens (tertiary/aromatic N) is 1. The number of likely N-dealkylation sites (N-methyl/N-ethyl adjacent to an activating group) is 1. The van der Waals surface area contributed by atoms with E-state index in [1.54, 1.807) is 0 Å². The van der Waals surface area contributed by atoms with Crippen molar-refractivity contribution in [2.45, 2.75) is 44.8 Å². The van der Waals surface area contributed by atoms with Crippen LogP contribution in [0.25, 0.3) is 0 Å². The third kappa shape index (κ3) is 2.73. The molecule has 0 saturated heterocycles. The van der Waals surface area contributed by atoms with Gasteiger partial charge < -0.3 is 10.1 Å². The van der Waals surface area contributed by atoms with Gasteiger partial charge in [0.1, 0.15) is 6.10 Å². The lowest BCUT2D eigenvalue weighted by molar-refractivity contribution is 0.113. The highest BCUT2D eigenvalue weighted by Crippen LogP contribution is 2.22. The van der Waals surface area contributed by atoms with Gasteiger partial charge in [0.05, 0.1) is 0 Å². The van der Waals surface area contributed by atoms with Gasteiger partial charge in [0.15, 0.2) is 0 Å². The molecule has 2 rings (SSSR count). The molecule has 1 aromatic heterocycles. The molecule has 0 bridgehead atoms. The van der Waals surface area contributed by atoms with Crippen LogP contribution in [0.1, 0.15) is 31.2 Å². The van der Waals surface area contributed by atoms with Gasteiger partial charge in [-0.15, -0.1) is 0 Å². The zero-order chi connectivity index (χ0) is 11.4. The van der Waals surface area contributed by atoms with Crippen molar-refractivity contribution in [3.8, 4) is 5.88 Å². The van der Waals surface area contributed by atoms with E-state index in [0.29, 0.717) is 6.04 Å². The maximum Gasteiger partial charge on any atom is 0.213 e. The SMILES string of the molecule is CNC1CCCCC1Oc1ccc(C)cn1. The van der Waals surface area contributed by atoms with Crippen molar-refractivity contribution < 1.29 is 4.74 Å². The molecular weight excluding hydrogens is 200 g/mol. The molecule has 3 nitrogen and oxygen atoms in total. The molecule has 0 radical (unpaired) electrons. The predicted molar refractivity (Wildman–Crippen MR) is 64.7 cm³/mol. The summed E-state index contributed by atoms with van der Waals surface area (Å²) in [5.41, 5.74) is 1.17. The van der Waals surface area contributed by atoms with Gasteiger partial charge in [-0.1, -0.05) is 12.5 Å². The van der Waals surface area contributed by atoms with Crippen LogP contribution in [-0.4, -0.2) is 24.2 Å². The molecule has 1 N–H and O–H groups in total. The van der Waals surface area contributed by atoms with E-state index < -0.39 is 0 Å². The van der Waals surface area contributed by atoms with Crippen LogP contribution in [-0.2, 0) is 0 Å². The summed E-state index contributed by atoms with van der Waals surface area (Å²) < 4.78 is 5.94. The molecule has 1 aliphatic carbocycles. The van der Waals surface area contributed by atoms with Crippen molar-refractivity contribution in [1.82, 2.24) is 10.3 Å². The third-order valence-corrected chi connectivity index (χ3v) is 3.23. The summed E-state index contributed by atoms with van der Waals surface area (Å²) in [4.78, 5) is 4.29. The molecule has 88 valence electrons. The quantitative estimate of drug-likeness (QED) is 0.848. The minimum Gasteiger partial charge on any atom is -0.473 e. The zero-order valence-electron chi connectivity index (χ0n) is 10.1. The number of nitrogens with one attached hydrogen (secondary N) is 1. The summed E-state index contributed by atoms with van der Waals surface area (Å²) >= 11 is 0. The minimum absolute atomic E-state index is 0.272. The predicted octanol–water partition coefficient (Wildman–Crippen LogP) is 2.30. The lowest BCUT2D eigenvalue weighted by Gasteiger charge is -2.31. The van der Waals surface area contributed by atoms with Crippen LogP contribution in [0.2, 0.25) is 0 Å². The Morgan fingerprint density at radius 2 is 2.12 bits per heavy atom. The smallest absolute Gasteiger partial charge is 0.213 e. The van der Waals surface area contributed by atoms with Crippen LogP contribution >= 0.6 is 0 Å². The van der Waals surface area contributed by atoms with E-state index in [0.717, 1.165) is 12.3 Å². The van der Waals surface area contributed by atoms with Crippen LogP contribution in [0.4, 0.5) is 0 Å². The first-order valence-electron chi connectivity index (χ1n) is 6.06. The number of hydrogen-bond donors (Lipinski definition) is 1.